The topological polar surface area (TPSA) is 86.8 Å². The van der Waals surface area contributed by atoms with E-state index in [0.29, 0.717) is 12.2 Å². The number of aryl methyl sites for hydroxylation is 2. The van der Waals surface area contributed by atoms with Crippen LogP contribution in [0.5, 0.6) is 0 Å². The van der Waals surface area contributed by atoms with E-state index in [1.165, 1.54) is 4.90 Å². The van der Waals surface area contributed by atoms with E-state index in [0.717, 1.165) is 27.3 Å². The minimum Gasteiger partial charge on any atom is -0.355 e. The van der Waals surface area contributed by atoms with Crippen LogP contribution >= 0.6 is 0 Å². The van der Waals surface area contributed by atoms with Crippen LogP contribution in [0.1, 0.15) is 30.5 Å². The average molecular weight is 446 g/mol. The molecule has 0 bridgehead atoms. The van der Waals surface area contributed by atoms with Gasteiger partial charge < -0.3 is 10.2 Å². The fraction of sp³-hybridized carbons (Fsp3) is 0.391. The normalized spacial score (nSPS) is 12.2. The highest BCUT2D eigenvalue weighted by Crippen LogP contribution is 2.20. The maximum atomic E-state index is 13.3. The van der Waals surface area contributed by atoms with Crippen LogP contribution in [-0.4, -0.2) is 50.5 Å². The van der Waals surface area contributed by atoms with Crippen molar-refractivity contribution in [3.63, 3.8) is 0 Å². The van der Waals surface area contributed by atoms with Crippen molar-refractivity contribution >= 4 is 27.5 Å². The SMILES string of the molecule is CCNC(=O)[C@H](C)N(Cc1ccccc1C)C(=O)CN(c1ccc(C)cc1)S(C)(=O)=O. The molecule has 0 aliphatic carbocycles. The summed E-state index contributed by atoms with van der Waals surface area (Å²) < 4.78 is 26.0. The van der Waals surface area contributed by atoms with Crippen molar-refractivity contribution in [1.82, 2.24) is 10.2 Å². The Morgan fingerprint density at radius 1 is 1.03 bits per heavy atom. The molecule has 0 aliphatic rings. The number of carbonyl (C=O) groups excluding carboxylic acids is 2. The van der Waals surface area contributed by atoms with E-state index in [4.69, 9.17) is 0 Å². The Kier molecular flexibility index (Phi) is 8.21. The lowest BCUT2D eigenvalue weighted by Crippen LogP contribution is -2.51. The molecule has 2 aromatic carbocycles. The third-order valence-electron chi connectivity index (χ3n) is 5.12. The highest BCUT2D eigenvalue weighted by molar-refractivity contribution is 7.92. The van der Waals surface area contributed by atoms with Crippen LogP contribution in [0.4, 0.5) is 5.69 Å². The Morgan fingerprint density at radius 3 is 2.19 bits per heavy atom. The number of nitrogens with zero attached hydrogens (tertiary/aromatic N) is 2. The quantitative estimate of drug-likeness (QED) is 0.643. The third kappa shape index (κ3) is 6.55. The van der Waals surface area contributed by atoms with E-state index in [9.17, 15) is 18.0 Å². The predicted molar refractivity (Wildman–Crippen MR) is 123 cm³/mol. The van der Waals surface area contributed by atoms with Crippen LogP contribution < -0.4 is 9.62 Å². The number of benzene rings is 2. The third-order valence-corrected chi connectivity index (χ3v) is 6.26. The summed E-state index contributed by atoms with van der Waals surface area (Å²) in [6.45, 7) is 7.54. The number of rotatable bonds is 9. The van der Waals surface area contributed by atoms with Crippen molar-refractivity contribution in [2.45, 2.75) is 40.3 Å². The van der Waals surface area contributed by atoms with Crippen molar-refractivity contribution in [3.8, 4) is 0 Å². The van der Waals surface area contributed by atoms with Crippen molar-refractivity contribution in [2.75, 3.05) is 23.7 Å². The molecule has 8 heteroatoms. The molecular weight excluding hydrogens is 414 g/mol. The molecule has 0 heterocycles. The van der Waals surface area contributed by atoms with Crippen LogP contribution in [0.25, 0.3) is 0 Å². The Balaban J connectivity index is 2.38. The smallest absolute Gasteiger partial charge is 0.244 e. The van der Waals surface area contributed by atoms with Gasteiger partial charge in [0.1, 0.15) is 12.6 Å². The first kappa shape index (κ1) is 24.4. The van der Waals surface area contributed by atoms with Gasteiger partial charge in [0, 0.05) is 13.1 Å². The monoisotopic (exact) mass is 445 g/mol. The Labute approximate surface area is 185 Å². The molecule has 0 aromatic heterocycles. The summed E-state index contributed by atoms with van der Waals surface area (Å²) in [5.74, 6) is -0.737. The summed E-state index contributed by atoms with van der Waals surface area (Å²) in [6, 6.07) is 13.8. The van der Waals surface area contributed by atoms with Crippen molar-refractivity contribution in [2.24, 2.45) is 0 Å². The number of sulfonamides is 1. The van der Waals surface area contributed by atoms with Crippen LogP contribution in [0, 0.1) is 13.8 Å². The molecule has 1 N–H and O–H groups in total. The van der Waals surface area contributed by atoms with Gasteiger partial charge in [-0.15, -0.1) is 0 Å². The Bertz CT molecular complexity index is 1020. The van der Waals surface area contributed by atoms with E-state index in [-0.39, 0.29) is 12.5 Å². The lowest BCUT2D eigenvalue weighted by atomic mass is 10.1. The van der Waals surface area contributed by atoms with Crippen molar-refractivity contribution in [3.05, 3.63) is 65.2 Å². The number of amides is 2. The van der Waals surface area contributed by atoms with E-state index >= 15 is 0 Å². The molecule has 0 saturated carbocycles. The average Bonchev–Trinajstić information content (AvgIpc) is 2.71. The molecule has 0 fully saturated rings. The number of carbonyl (C=O) groups is 2. The molecular formula is C23H31N3O4S. The minimum atomic E-state index is -3.71. The first-order valence-electron chi connectivity index (χ1n) is 10.2. The van der Waals surface area contributed by atoms with E-state index in [1.54, 1.807) is 38.1 Å². The van der Waals surface area contributed by atoms with Gasteiger partial charge in [0.25, 0.3) is 0 Å². The first-order chi connectivity index (χ1) is 14.5. The fourth-order valence-corrected chi connectivity index (χ4v) is 4.05. The molecule has 2 aromatic rings. The summed E-state index contributed by atoms with van der Waals surface area (Å²) in [4.78, 5) is 27.3. The second-order valence-corrected chi connectivity index (χ2v) is 9.53. The van der Waals surface area contributed by atoms with Gasteiger partial charge in [-0.05, 0) is 51.0 Å². The first-order valence-corrected chi connectivity index (χ1v) is 12.1. The minimum absolute atomic E-state index is 0.204. The van der Waals surface area contributed by atoms with Crippen molar-refractivity contribution in [1.29, 1.82) is 0 Å². The molecule has 7 nitrogen and oxygen atoms in total. The summed E-state index contributed by atoms with van der Waals surface area (Å²) in [7, 11) is -3.71. The zero-order valence-corrected chi connectivity index (χ0v) is 19.6. The van der Waals surface area contributed by atoms with E-state index < -0.39 is 28.5 Å². The zero-order chi connectivity index (χ0) is 23.2. The van der Waals surface area contributed by atoms with Gasteiger partial charge in [0.05, 0.1) is 11.9 Å². The number of nitrogens with one attached hydrogen (secondary N) is 1. The largest absolute Gasteiger partial charge is 0.355 e. The molecule has 168 valence electrons. The molecule has 2 rings (SSSR count). The molecule has 2 amide bonds. The van der Waals surface area contributed by atoms with Gasteiger partial charge in [0.15, 0.2) is 0 Å². The molecule has 1 atom stereocenters. The number of anilines is 1. The molecule has 0 spiro atoms. The summed E-state index contributed by atoms with van der Waals surface area (Å²) in [5, 5.41) is 2.74. The van der Waals surface area contributed by atoms with Crippen LogP contribution in [0.3, 0.4) is 0 Å². The molecule has 0 unspecified atom stereocenters. The van der Waals surface area contributed by atoms with Crippen LogP contribution in [0.2, 0.25) is 0 Å². The standard InChI is InChI=1S/C23H31N3O4S/c1-6-24-23(28)19(4)25(15-20-10-8-7-9-18(20)3)22(27)16-26(31(5,29)30)21-13-11-17(2)12-14-21/h7-14,19H,6,15-16H2,1-5H3,(H,24,28)/t19-/m0/s1. The van der Waals surface area contributed by atoms with Gasteiger partial charge in [-0.2, -0.15) is 0 Å². The summed E-state index contributed by atoms with van der Waals surface area (Å²) in [6.07, 6.45) is 1.07. The van der Waals surface area contributed by atoms with E-state index in [2.05, 4.69) is 5.32 Å². The molecule has 31 heavy (non-hydrogen) atoms. The lowest BCUT2D eigenvalue weighted by molar-refractivity contribution is -0.139. The molecule has 0 aliphatic heterocycles. The Morgan fingerprint density at radius 2 is 1.65 bits per heavy atom. The van der Waals surface area contributed by atoms with Gasteiger partial charge in [-0.3, -0.25) is 13.9 Å². The van der Waals surface area contributed by atoms with E-state index in [1.807, 2.05) is 38.1 Å². The van der Waals surface area contributed by atoms with Gasteiger partial charge in [-0.25, -0.2) is 8.42 Å². The zero-order valence-electron chi connectivity index (χ0n) is 18.8. The van der Waals surface area contributed by atoms with Gasteiger partial charge >= 0.3 is 0 Å². The van der Waals surface area contributed by atoms with Gasteiger partial charge in [-0.1, -0.05) is 42.0 Å². The lowest BCUT2D eigenvalue weighted by Gasteiger charge is -2.31. The van der Waals surface area contributed by atoms with Crippen molar-refractivity contribution < 1.29 is 18.0 Å². The second-order valence-electron chi connectivity index (χ2n) is 7.62. The number of likely N-dealkylation sites (N-methyl/N-ethyl adjacent to an activating group) is 1. The maximum Gasteiger partial charge on any atom is 0.244 e. The Hall–Kier alpha value is -2.87. The second kappa shape index (κ2) is 10.4. The highest BCUT2D eigenvalue weighted by Gasteiger charge is 2.30. The maximum absolute atomic E-state index is 13.3. The fourth-order valence-electron chi connectivity index (χ4n) is 3.20. The summed E-state index contributed by atoms with van der Waals surface area (Å²) in [5.41, 5.74) is 3.27. The van der Waals surface area contributed by atoms with Gasteiger partial charge in [0.2, 0.25) is 21.8 Å². The summed E-state index contributed by atoms with van der Waals surface area (Å²) >= 11 is 0. The number of hydrogen-bond donors (Lipinski definition) is 1. The van der Waals surface area contributed by atoms with Crippen LogP contribution in [0.15, 0.2) is 48.5 Å². The number of hydrogen-bond acceptors (Lipinski definition) is 4. The highest BCUT2D eigenvalue weighted by atomic mass is 32.2. The molecule has 0 saturated heterocycles. The predicted octanol–water partition coefficient (Wildman–Crippen LogP) is 2.62. The molecule has 0 radical (unpaired) electrons. The van der Waals surface area contributed by atoms with Crippen LogP contribution in [-0.2, 0) is 26.2 Å².